The molecule has 0 aliphatic rings. The summed E-state index contributed by atoms with van der Waals surface area (Å²) in [6, 6.07) is 3.70. The van der Waals surface area contributed by atoms with Crippen LogP contribution >= 0.6 is 11.3 Å². The van der Waals surface area contributed by atoms with Gasteiger partial charge in [-0.25, -0.2) is 4.98 Å². The summed E-state index contributed by atoms with van der Waals surface area (Å²) in [7, 11) is 0. The topological polar surface area (TPSA) is 63.8 Å². The molecule has 5 heteroatoms. The lowest BCUT2D eigenvalue weighted by atomic mass is 10.3. The molecule has 0 radical (unpaired) electrons. The maximum atomic E-state index is 5.79. The molecule has 16 heavy (non-hydrogen) atoms. The number of aryl methyl sites for hydroxylation is 1. The number of hydrogen-bond acceptors (Lipinski definition) is 5. The minimum Gasteiger partial charge on any atom is -0.397 e. The minimum absolute atomic E-state index is 0.684. The second-order valence-electron chi connectivity index (χ2n) is 3.49. The number of nitrogens with two attached hydrogens (primary N) is 1. The van der Waals surface area contributed by atoms with E-state index in [4.69, 9.17) is 5.73 Å². The highest BCUT2D eigenvalue weighted by molar-refractivity contribution is 7.11. The van der Waals surface area contributed by atoms with Crippen LogP contribution in [0.3, 0.4) is 0 Å². The van der Waals surface area contributed by atoms with E-state index in [0.717, 1.165) is 22.9 Å². The Kier molecular flexibility index (Phi) is 3.48. The van der Waals surface area contributed by atoms with Crippen LogP contribution in [0, 0.1) is 6.92 Å². The highest BCUT2D eigenvalue weighted by Crippen LogP contribution is 2.11. The van der Waals surface area contributed by atoms with Crippen molar-refractivity contribution in [3.63, 3.8) is 0 Å². The molecular formula is C11H14N4S. The van der Waals surface area contributed by atoms with Crippen LogP contribution in [-0.4, -0.2) is 9.97 Å². The summed E-state index contributed by atoms with van der Waals surface area (Å²) in [5.41, 5.74) is 7.42. The Labute approximate surface area is 98.6 Å². The van der Waals surface area contributed by atoms with Gasteiger partial charge in [0.1, 0.15) is 0 Å². The highest BCUT2D eigenvalue weighted by atomic mass is 32.1. The average Bonchev–Trinajstić information content (AvgIpc) is 2.67. The Morgan fingerprint density at radius 1 is 1.38 bits per heavy atom. The zero-order valence-electron chi connectivity index (χ0n) is 9.10. The van der Waals surface area contributed by atoms with Crippen LogP contribution in [0.2, 0.25) is 0 Å². The number of nitrogens with zero attached hydrogens (tertiary/aromatic N) is 2. The molecule has 0 atom stereocenters. The summed E-state index contributed by atoms with van der Waals surface area (Å²) in [6.45, 7) is 3.50. The SMILES string of the molecule is Cc1ncc(CNCc2ncccc2N)s1. The molecule has 84 valence electrons. The number of aromatic nitrogens is 2. The van der Waals surface area contributed by atoms with Gasteiger partial charge >= 0.3 is 0 Å². The standard InChI is InChI=1S/C11H14N4S/c1-8-15-6-9(16-8)5-13-7-11-10(12)3-2-4-14-11/h2-4,6,13H,5,7,12H2,1H3. The van der Waals surface area contributed by atoms with E-state index in [2.05, 4.69) is 15.3 Å². The number of nitrogen functional groups attached to an aromatic ring is 1. The molecule has 2 rings (SSSR count). The first kappa shape index (κ1) is 11.0. The van der Waals surface area contributed by atoms with Gasteiger partial charge in [-0.2, -0.15) is 0 Å². The van der Waals surface area contributed by atoms with Crippen molar-refractivity contribution in [2.24, 2.45) is 0 Å². The summed E-state index contributed by atoms with van der Waals surface area (Å²) < 4.78 is 0. The fourth-order valence-corrected chi connectivity index (χ4v) is 2.15. The third-order valence-corrected chi connectivity index (χ3v) is 3.10. The maximum Gasteiger partial charge on any atom is 0.0897 e. The van der Waals surface area contributed by atoms with Gasteiger partial charge in [0.2, 0.25) is 0 Å². The van der Waals surface area contributed by atoms with Crippen LogP contribution in [-0.2, 0) is 13.1 Å². The number of rotatable bonds is 4. The molecule has 4 nitrogen and oxygen atoms in total. The van der Waals surface area contributed by atoms with Crippen LogP contribution in [0.1, 0.15) is 15.6 Å². The third kappa shape index (κ3) is 2.77. The fraction of sp³-hybridized carbons (Fsp3) is 0.273. The molecular weight excluding hydrogens is 220 g/mol. The molecule has 0 fully saturated rings. The van der Waals surface area contributed by atoms with Crippen molar-refractivity contribution < 1.29 is 0 Å². The lowest BCUT2D eigenvalue weighted by Crippen LogP contribution is -2.14. The molecule has 0 saturated carbocycles. The molecule has 0 aromatic carbocycles. The van der Waals surface area contributed by atoms with Crippen molar-refractivity contribution in [3.8, 4) is 0 Å². The summed E-state index contributed by atoms with van der Waals surface area (Å²) in [5.74, 6) is 0. The normalized spacial score (nSPS) is 10.6. The number of nitrogens with one attached hydrogen (secondary N) is 1. The summed E-state index contributed by atoms with van der Waals surface area (Å²) in [6.07, 6.45) is 3.65. The largest absolute Gasteiger partial charge is 0.397 e. The molecule has 0 saturated heterocycles. The van der Waals surface area contributed by atoms with Crippen molar-refractivity contribution in [1.29, 1.82) is 0 Å². The van der Waals surface area contributed by atoms with Gasteiger partial charge in [-0.05, 0) is 19.1 Å². The fourth-order valence-electron chi connectivity index (χ4n) is 1.39. The molecule has 0 aliphatic heterocycles. The second kappa shape index (κ2) is 5.05. The Morgan fingerprint density at radius 2 is 2.25 bits per heavy atom. The first-order valence-corrected chi connectivity index (χ1v) is 5.89. The zero-order valence-corrected chi connectivity index (χ0v) is 9.92. The van der Waals surface area contributed by atoms with E-state index in [1.807, 2.05) is 25.3 Å². The lowest BCUT2D eigenvalue weighted by Gasteiger charge is -2.04. The van der Waals surface area contributed by atoms with Crippen LogP contribution < -0.4 is 11.1 Å². The lowest BCUT2D eigenvalue weighted by molar-refractivity contribution is 0.687. The smallest absolute Gasteiger partial charge is 0.0897 e. The molecule has 0 amide bonds. The van der Waals surface area contributed by atoms with Crippen molar-refractivity contribution in [2.45, 2.75) is 20.0 Å². The van der Waals surface area contributed by atoms with Gasteiger partial charge in [0.05, 0.1) is 16.4 Å². The quantitative estimate of drug-likeness (QED) is 0.845. The molecule has 0 unspecified atom stereocenters. The number of pyridine rings is 1. The van der Waals surface area contributed by atoms with Gasteiger partial charge in [-0.1, -0.05) is 0 Å². The first-order chi connectivity index (χ1) is 7.75. The van der Waals surface area contributed by atoms with E-state index >= 15 is 0 Å². The molecule has 3 N–H and O–H groups in total. The number of thiazole rings is 1. The molecule has 2 heterocycles. The third-order valence-electron chi connectivity index (χ3n) is 2.19. The van der Waals surface area contributed by atoms with Crippen LogP contribution in [0.4, 0.5) is 5.69 Å². The molecule has 0 spiro atoms. The monoisotopic (exact) mass is 234 g/mol. The minimum atomic E-state index is 0.684. The zero-order chi connectivity index (χ0) is 11.4. The van der Waals surface area contributed by atoms with Gasteiger partial charge < -0.3 is 11.1 Å². The van der Waals surface area contributed by atoms with Crippen LogP contribution in [0.15, 0.2) is 24.5 Å². The van der Waals surface area contributed by atoms with Gasteiger partial charge in [-0.3, -0.25) is 4.98 Å². The van der Waals surface area contributed by atoms with Crippen molar-refractivity contribution in [2.75, 3.05) is 5.73 Å². The molecule has 0 bridgehead atoms. The summed E-state index contributed by atoms with van der Waals surface area (Å²) >= 11 is 1.70. The average molecular weight is 234 g/mol. The Hall–Kier alpha value is -1.46. The van der Waals surface area contributed by atoms with Crippen molar-refractivity contribution in [3.05, 3.63) is 40.1 Å². The van der Waals surface area contributed by atoms with Gasteiger partial charge in [0.15, 0.2) is 0 Å². The summed E-state index contributed by atoms with van der Waals surface area (Å²) in [4.78, 5) is 9.64. The molecule has 0 aliphatic carbocycles. The predicted octanol–water partition coefficient (Wildman–Crippen LogP) is 1.72. The van der Waals surface area contributed by atoms with E-state index in [1.54, 1.807) is 17.5 Å². The van der Waals surface area contributed by atoms with E-state index < -0.39 is 0 Å². The molecule has 2 aromatic heterocycles. The molecule has 2 aromatic rings. The highest BCUT2D eigenvalue weighted by Gasteiger charge is 2.00. The van der Waals surface area contributed by atoms with Crippen molar-refractivity contribution >= 4 is 17.0 Å². The second-order valence-corrected chi connectivity index (χ2v) is 4.81. The van der Waals surface area contributed by atoms with Crippen LogP contribution in [0.25, 0.3) is 0 Å². The first-order valence-electron chi connectivity index (χ1n) is 5.07. The van der Waals surface area contributed by atoms with E-state index in [9.17, 15) is 0 Å². The van der Waals surface area contributed by atoms with Gasteiger partial charge in [0, 0.05) is 30.4 Å². The number of anilines is 1. The van der Waals surface area contributed by atoms with E-state index in [1.165, 1.54) is 4.88 Å². The number of hydrogen-bond donors (Lipinski definition) is 2. The van der Waals surface area contributed by atoms with Crippen LogP contribution in [0.5, 0.6) is 0 Å². The Morgan fingerprint density at radius 3 is 2.94 bits per heavy atom. The Bertz CT molecular complexity index is 467. The van der Waals surface area contributed by atoms with E-state index in [-0.39, 0.29) is 0 Å². The maximum absolute atomic E-state index is 5.79. The van der Waals surface area contributed by atoms with E-state index in [0.29, 0.717) is 6.54 Å². The Balaban J connectivity index is 1.87. The van der Waals surface area contributed by atoms with Gasteiger partial charge in [0.25, 0.3) is 0 Å². The predicted molar refractivity (Wildman–Crippen MR) is 66.0 cm³/mol. The van der Waals surface area contributed by atoms with Crippen molar-refractivity contribution in [1.82, 2.24) is 15.3 Å². The summed E-state index contributed by atoms with van der Waals surface area (Å²) in [5, 5.41) is 4.39. The van der Waals surface area contributed by atoms with Gasteiger partial charge in [-0.15, -0.1) is 11.3 Å².